The summed E-state index contributed by atoms with van der Waals surface area (Å²) in [7, 11) is 0. The Bertz CT molecular complexity index is 630. The summed E-state index contributed by atoms with van der Waals surface area (Å²) in [5.41, 5.74) is 1.54. The molecule has 0 bridgehead atoms. The minimum Gasteiger partial charge on any atom is -0.408 e. The molecule has 0 saturated heterocycles. The quantitative estimate of drug-likeness (QED) is 0.934. The Kier molecular flexibility index (Phi) is 3.99. The van der Waals surface area contributed by atoms with Gasteiger partial charge in [-0.2, -0.15) is 0 Å². The van der Waals surface area contributed by atoms with Crippen LogP contribution in [0.25, 0.3) is 0 Å². The summed E-state index contributed by atoms with van der Waals surface area (Å²) in [6.45, 7) is 1.90. The number of benzene rings is 1. The van der Waals surface area contributed by atoms with Gasteiger partial charge in [-0.1, -0.05) is 42.6 Å². The van der Waals surface area contributed by atoms with Gasteiger partial charge in [-0.05, 0) is 31.4 Å². The molecule has 1 fully saturated rings. The standard InChI is InChI=1S/C16H19N3O2/c1-11-7-5-6-10-13(11)14(20)17-16-19-18-15(21-16)12-8-3-2-4-9-12/h5-7,10,12H,2-4,8-9H2,1H3,(H,17,19,20). The van der Waals surface area contributed by atoms with Crippen LogP contribution in [-0.2, 0) is 0 Å². The van der Waals surface area contributed by atoms with Crippen LogP contribution in [0.5, 0.6) is 0 Å². The number of anilines is 1. The molecule has 1 saturated carbocycles. The van der Waals surface area contributed by atoms with E-state index in [1.54, 1.807) is 6.07 Å². The summed E-state index contributed by atoms with van der Waals surface area (Å²) in [4.78, 5) is 12.2. The van der Waals surface area contributed by atoms with E-state index in [0.717, 1.165) is 18.4 Å². The first kappa shape index (κ1) is 13.8. The van der Waals surface area contributed by atoms with E-state index in [9.17, 15) is 4.79 Å². The zero-order chi connectivity index (χ0) is 14.7. The maximum atomic E-state index is 12.2. The maximum absolute atomic E-state index is 12.2. The minimum atomic E-state index is -0.216. The van der Waals surface area contributed by atoms with Crippen molar-refractivity contribution in [2.24, 2.45) is 0 Å². The number of aromatic nitrogens is 2. The number of hydrogen-bond donors (Lipinski definition) is 1. The number of rotatable bonds is 3. The molecule has 1 aromatic heterocycles. The fraction of sp³-hybridized carbons (Fsp3) is 0.438. The highest BCUT2D eigenvalue weighted by atomic mass is 16.4. The topological polar surface area (TPSA) is 68.0 Å². The Hall–Kier alpha value is -2.17. The molecule has 1 amide bonds. The number of carbonyl (C=O) groups excluding carboxylic acids is 1. The number of hydrogen-bond acceptors (Lipinski definition) is 4. The lowest BCUT2D eigenvalue weighted by Crippen LogP contribution is -2.13. The van der Waals surface area contributed by atoms with Gasteiger partial charge in [0.15, 0.2) is 0 Å². The van der Waals surface area contributed by atoms with Crippen LogP contribution in [0.2, 0.25) is 0 Å². The summed E-state index contributed by atoms with van der Waals surface area (Å²) in [6, 6.07) is 7.60. The summed E-state index contributed by atoms with van der Waals surface area (Å²) < 4.78 is 5.60. The molecule has 1 N–H and O–H groups in total. The van der Waals surface area contributed by atoms with E-state index >= 15 is 0 Å². The summed E-state index contributed by atoms with van der Waals surface area (Å²) in [5, 5.41) is 10.7. The second-order valence-electron chi connectivity index (χ2n) is 5.55. The molecule has 0 unspecified atom stereocenters. The molecule has 0 aliphatic heterocycles. The molecule has 1 heterocycles. The van der Waals surface area contributed by atoms with E-state index < -0.39 is 0 Å². The van der Waals surface area contributed by atoms with Gasteiger partial charge in [-0.3, -0.25) is 10.1 Å². The van der Waals surface area contributed by atoms with Gasteiger partial charge in [0, 0.05) is 11.5 Å². The molecular weight excluding hydrogens is 266 g/mol. The lowest BCUT2D eigenvalue weighted by Gasteiger charge is -2.17. The summed E-state index contributed by atoms with van der Waals surface area (Å²) in [6.07, 6.45) is 5.87. The van der Waals surface area contributed by atoms with Gasteiger partial charge in [0.25, 0.3) is 5.91 Å². The molecule has 1 aliphatic rings. The lowest BCUT2D eigenvalue weighted by molar-refractivity contribution is 0.102. The van der Waals surface area contributed by atoms with Crippen LogP contribution in [0.1, 0.15) is 59.8 Å². The second-order valence-corrected chi connectivity index (χ2v) is 5.55. The number of carbonyl (C=O) groups is 1. The van der Waals surface area contributed by atoms with Gasteiger partial charge in [0.05, 0.1) is 0 Å². The van der Waals surface area contributed by atoms with Crippen molar-refractivity contribution in [3.05, 3.63) is 41.3 Å². The molecule has 110 valence electrons. The predicted molar refractivity (Wildman–Crippen MR) is 79.3 cm³/mol. The fourth-order valence-electron chi connectivity index (χ4n) is 2.79. The van der Waals surface area contributed by atoms with Crippen LogP contribution in [-0.4, -0.2) is 16.1 Å². The van der Waals surface area contributed by atoms with Gasteiger partial charge >= 0.3 is 6.01 Å². The molecule has 0 radical (unpaired) electrons. The van der Waals surface area contributed by atoms with Crippen molar-refractivity contribution in [1.82, 2.24) is 10.2 Å². The molecule has 1 aromatic carbocycles. The molecular formula is C16H19N3O2. The SMILES string of the molecule is Cc1ccccc1C(=O)Nc1nnc(C2CCCCC2)o1. The van der Waals surface area contributed by atoms with Crippen LogP contribution in [0.3, 0.4) is 0 Å². The average Bonchev–Trinajstić information content (AvgIpc) is 2.97. The van der Waals surface area contributed by atoms with E-state index in [-0.39, 0.29) is 11.9 Å². The van der Waals surface area contributed by atoms with E-state index in [2.05, 4.69) is 15.5 Å². The Morgan fingerprint density at radius 2 is 1.95 bits per heavy atom. The lowest BCUT2D eigenvalue weighted by atomic mass is 9.89. The first-order chi connectivity index (χ1) is 10.2. The van der Waals surface area contributed by atoms with Crippen LogP contribution < -0.4 is 5.32 Å². The monoisotopic (exact) mass is 285 g/mol. The molecule has 0 spiro atoms. The Morgan fingerprint density at radius 1 is 1.19 bits per heavy atom. The highest BCUT2D eigenvalue weighted by Crippen LogP contribution is 2.32. The third-order valence-corrected chi connectivity index (χ3v) is 4.01. The van der Waals surface area contributed by atoms with Gasteiger partial charge in [-0.15, -0.1) is 5.10 Å². The predicted octanol–water partition coefficient (Wildman–Crippen LogP) is 3.68. The second kappa shape index (κ2) is 6.08. The molecule has 1 aliphatic carbocycles. The Morgan fingerprint density at radius 3 is 2.71 bits per heavy atom. The molecule has 21 heavy (non-hydrogen) atoms. The van der Waals surface area contributed by atoms with Crippen molar-refractivity contribution < 1.29 is 9.21 Å². The van der Waals surface area contributed by atoms with E-state index in [1.165, 1.54) is 19.3 Å². The smallest absolute Gasteiger partial charge is 0.322 e. The highest BCUT2D eigenvalue weighted by molar-refractivity contribution is 6.04. The van der Waals surface area contributed by atoms with Crippen LogP contribution in [0, 0.1) is 6.92 Å². The van der Waals surface area contributed by atoms with E-state index in [4.69, 9.17) is 4.42 Å². The normalized spacial score (nSPS) is 15.9. The summed E-state index contributed by atoms with van der Waals surface area (Å²) in [5.74, 6) is 0.775. The van der Waals surface area contributed by atoms with Crippen molar-refractivity contribution in [2.45, 2.75) is 44.9 Å². The van der Waals surface area contributed by atoms with E-state index in [1.807, 2.05) is 25.1 Å². The van der Waals surface area contributed by atoms with Gasteiger partial charge in [0.2, 0.25) is 5.89 Å². The van der Waals surface area contributed by atoms with Gasteiger partial charge in [0.1, 0.15) is 0 Å². The summed E-state index contributed by atoms with van der Waals surface area (Å²) >= 11 is 0. The largest absolute Gasteiger partial charge is 0.408 e. The molecule has 5 nitrogen and oxygen atoms in total. The molecule has 2 aromatic rings. The van der Waals surface area contributed by atoms with Crippen LogP contribution >= 0.6 is 0 Å². The van der Waals surface area contributed by atoms with Crippen molar-refractivity contribution >= 4 is 11.9 Å². The Balaban J connectivity index is 1.69. The number of nitrogens with one attached hydrogen (secondary N) is 1. The third-order valence-electron chi connectivity index (χ3n) is 4.01. The van der Waals surface area contributed by atoms with Crippen molar-refractivity contribution in [1.29, 1.82) is 0 Å². The highest BCUT2D eigenvalue weighted by Gasteiger charge is 2.22. The van der Waals surface area contributed by atoms with Gasteiger partial charge in [-0.25, -0.2) is 0 Å². The van der Waals surface area contributed by atoms with Crippen LogP contribution in [0.4, 0.5) is 6.01 Å². The zero-order valence-corrected chi connectivity index (χ0v) is 12.1. The molecule has 3 rings (SSSR count). The maximum Gasteiger partial charge on any atom is 0.322 e. The first-order valence-electron chi connectivity index (χ1n) is 7.44. The van der Waals surface area contributed by atoms with Crippen molar-refractivity contribution in [3.8, 4) is 0 Å². The minimum absolute atomic E-state index is 0.184. The van der Waals surface area contributed by atoms with Crippen molar-refractivity contribution in [2.75, 3.05) is 5.32 Å². The number of nitrogens with zero attached hydrogens (tertiary/aromatic N) is 2. The number of amides is 1. The van der Waals surface area contributed by atoms with E-state index in [0.29, 0.717) is 17.4 Å². The van der Waals surface area contributed by atoms with Gasteiger partial charge < -0.3 is 4.42 Å². The zero-order valence-electron chi connectivity index (χ0n) is 12.1. The molecule has 5 heteroatoms. The third kappa shape index (κ3) is 3.12. The first-order valence-corrected chi connectivity index (χ1v) is 7.44. The average molecular weight is 285 g/mol. The Labute approximate surface area is 123 Å². The van der Waals surface area contributed by atoms with Crippen LogP contribution in [0.15, 0.2) is 28.7 Å². The molecule has 0 atom stereocenters. The fourth-order valence-corrected chi connectivity index (χ4v) is 2.79. The van der Waals surface area contributed by atoms with Crippen molar-refractivity contribution in [3.63, 3.8) is 0 Å². The number of aryl methyl sites for hydroxylation is 1.